The predicted octanol–water partition coefficient (Wildman–Crippen LogP) is 4.97. The van der Waals surface area contributed by atoms with Crippen molar-refractivity contribution in [2.45, 2.75) is 39.2 Å². The van der Waals surface area contributed by atoms with Crippen molar-refractivity contribution in [2.75, 3.05) is 6.54 Å². The van der Waals surface area contributed by atoms with Crippen LogP contribution in [0.25, 0.3) is 11.0 Å². The van der Waals surface area contributed by atoms with E-state index in [9.17, 15) is 4.79 Å². The van der Waals surface area contributed by atoms with Crippen LogP contribution in [0.3, 0.4) is 0 Å². The van der Waals surface area contributed by atoms with Gasteiger partial charge in [-0.25, -0.2) is 4.98 Å². The van der Waals surface area contributed by atoms with E-state index in [-0.39, 0.29) is 5.91 Å². The molecule has 0 radical (unpaired) electrons. The van der Waals surface area contributed by atoms with Gasteiger partial charge >= 0.3 is 0 Å². The maximum Gasteiger partial charge on any atom is 0.251 e. The Morgan fingerprint density at radius 3 is 2.48 bits per heavy atom. The van der Waals surface area contributed by atoms with Gasteiger partial charge in [-0.05, 0) is 47.7 Å². The molecule has 1 amide bonds. The Balaban J connectivity index is 1.45. The zero-order chi connectivity index (χ0) is 21.6. The van der Waals surface area contributed by atoms with E-state index in [1.807, 2.05) is 6.07 Å². The molecular weight excluding hydrogens is 384 g/mol. The second-order valence-electron chi connectivity index (χ2n) is 8.09. The van der Waals surface area contributed by atoms with E-state index in [0.29, 0.717) is 18.0 Å². The van der Waals surface area contributed by atoms with Gasteiger partial charge in [0.1, 0.15) is 5.82 Å². The van der Waals surface area contributed by atoms with Crippen LogP contribution in [0.5, 0.6) is 0 Å². The first-order chi connectivity index (χ1) is 15.1. The summed E-state index contributed by atoms with van der Waals surface area (Å²) in [7, 11) is 0. The number of rotatable bonds is 8. The van der Waals surface area contributed by atoms with Gasteiger partial charge in [-0.3, -0.25) is 9.78 Å². The molecule has 0 aliphatic heterocycles. The van der Waals surface area contributed by atoms with Crippen molar-refractivity contribution in [1.82, 2.24) is 19.9 Å². The first-order valence-electron chi connectivity index (χ1n) is 10.8. The Hall–Kier alpha value is -3.47. The SMILES string of the molecule is CC(C)c1ccc(Cn2c(CCCNC(=O)c3ccncc3)nc3ccccc32)cc1. The number of benzene rings is 2. The van der Waals surface area contributed by atoms with Crippen molar-refractivity contribution in [2.24, 2.45) is 0 Å². The van der Waals surface area contributed by atoms with Crippen molar-refractivity contribution < 1.29 is 4.79 Å². The lowest BCUT2D eigenvalue weighted by molar-refractivity contribution is 0.0953. The highest BCUT2D eigenvalue weighted by Gasteiger charge is 2.12. The summed E-state index contributed by atoms with van der Waals surface area (Å²) in [6.07, 6.45) is 4.89. The number of nitrogens with zero attached hydrogens (tertiary/aromatic N) is 3. The van der Waals surface area contributed by atoms with Gasteiger partial charge in [-0.15, -0.1) is 0 Å². The molecular formula is C26H28N4O. The van der Waals surface area contributed by atoms with E-state index in [4.69, 9.17) is 4.98 Å². The van der Waals surface area contributed by atoms with Crippen LogP contribution in [-0.4, -0.2) is 27.0 Å². The molecule has 5 nitrogen and oxygen atoms in total. The van der Waals surface area contributed by atoms with Crippen molar-refractivity contribution in [3.05, 3.63) is 95.6 Å². The van der Waals surface area contributed by atoms with E-state index in [1.165, 1.54) is 11.1 Å². The normalized spacial score (nSPS) is 11.2. The van der Waals surface area contributed by atoms with Crippen molar-refractivity contribution in [3.8, 4) is 0 Å². The van der Waals surface area contributed by atoms with Gasteiger partial charge in [0, 0.05) is 37.5 Å². The van der Waals surface area contributed by atoms with Crippen molar-refractivity contribution >= 4 is 16.9 Å². The van der Waals surface area contributed by atoms with Crippen LogP contribution in [-0.2, 0) is 13.0 Å². The smallest absolute Gasteiger partial charge is 0.251 e. The van der Waals surface area contributed by atoms with Crippen LogP contribution >= 0.6 is 0 Å². The molecule has 2 aromatic heterocycles. The molecule has 0 atom stereocenters. The number of hydrogen-bond acceptors (Lipinski definition) is 3. The number of amides is 1. The number of aromatic nitrogens is 3. The quantitative estimate of drug-likeness (QED) is 0.416. The average Bonchev–Trinajstić information content (AvgIpc) is 3.15. The van der Waals surface area contributed by atoms with Crippen LogP contribution in [0.1, 0.15) is 53.5 Å². The summed E-state index contributed by atoms with van der Waals surface area (Å²) in [5.74, 6) is 1.51. The zero-order valence-corrected chi connectivity index (χ0v) is 18.1. The molecule has 158 valence electrons. The van der Waals surface area contributed by atoms with E-state index < -0.39 is 0 Å². The maximum absolute atomic E-state index is 12.2. The molecule has 4 aromatic rings. The molecule has 5 heteroatoms. The lowest BCUT2D eigenvalue weighted by Crippen LogP contribution is -2.25. The third kappa shape index (κ3) is 5.00. The average molecular weight is 413 g/mol. The molecule has 4 rings (SSSR count). The van der Waals surface area contributed by atoms with Gasteiger partial charge in [0.2, 0.25) is 0 Å². The molecule has 0 saturated carbocycles. The number of carbonyl (C=O) groups is 1. The molecule has 0 aliphatic rings. The number of para-hydroxylation sites is 2. The van der Waals surface area contributed by atoms with Gasteiger partial charge < -0.3 is 9.88 Å². The number of pyridine rings is 1. The highest BCUT2D eigenvalue weighted by molar-refractivity contribution is 5.93. The fraction of sp³-hybridized carbons (Fsp3) is 0.269. The molecule has 31 heavy (non-hydrogen) atoms. The van der Waals surface area contributed by atoms with Gasteiger partial charge in [-0.2, -0.15) is 0 Å². The van der Waals surface area contributed by atoms with E-state index in [2.05, 4.69) is 71.2 Å². The Kier molecular flexibility index (Phi) is 6.41. The van der Waals surface area contributed by atoms with E-state index in [1.54, 1.807) is 24.5 Å². The fourth-order valence-corrected chi connectivity index (χ4v) is 3.74. The molecule has 2 aromatic carbocycles. The second kappa shape index (κ2) is 9.56. The van der Waals surface area contributed by atoms with Crippen LogP contribution in [0.4, 0.5) is 0 Å². The summed E-state index contributed by atoms with van der Waals surface area (Å²) in [6, 6.07) is 20.6. The topological polar surface area (TPSA) is 59.8 Å². The van der Waals surface area contributed by atoms with Crippen LogP contribution in [0.15, 0.2) is 73.1 Å². The number of imidazole rings is 1. The Morgan fingerprint density at radius 1 is 1.00 bits per heavy atom. The van der Waals surface area contributed by atoms with Crippen LogP contribution in [0, 0.1) is 0 Å². The largest absolute Gasteiger partial charge is 0.352 e. The van der Waals surface area contributed by atoms with Crippen LogP contribution < -0.4 is 5.32 Å². The Bertz CT molecular complexity index is 1150. The summed E-state index contributed by atoms with van der Waals surface area (Å²) in [5.41, 5.74) is 5.40. The molecule has 0 unspecified atom stereocenters. The minimum atomic E-state index is -0.0684. The predicted molar refractivity (Wildman–Crippen MR) is 124 cm³/mol. The molecule has 1 N–H and O–H groups in total. The van der Waals surface area contributed by atoms with Crippen LogP contribution in [0.2, 0.25) is 0 Å². The van der Waals surface area contributed by atoms with Gasteiger partial charge in [-0.1, -0.05) is 50.2 Å². The molecule has 2 heterocycles. The third-order valence-electron chi connectivity index (χ3n) is 5.53. The maximum atomic E-state index is 12.2. The second-order valence-corrected chi connectivity index (χ2v) is 8.09. The minimum Gasteiger partial charge on any atom is -0.352 e. The standard InChI is InChI=1S/C26H28N4O/c1-19(2)21-11-9-20(10-12-21)18-30-24-7-4-3-6-23(24)29-25(30)8-5-15-28-26(31)22-13-16-27-17-14-22/h3-4,6-7,9-14,16-17,19H,5,8,15,18H2,1-2H3,(H,28,31). The summed E-state index contributed by atoms with van der Waals surface area (Å²) in [5, 5.41) is 2.99. The highest BCUT2D eigenvalue weighted by Crippen LogP contribution is 2.20. The summed E-state index contributed by atoms with van der Waals surface area (Å²) < 4.78 is 2.30. The highest BCUT2D eigenvalue weighted by atomic mass is 16.1. The summed E-state index contributed by atoms with van der Waals surface area (Å²) >= 11 is 0. The zero-order valence-electron chi connectivity index (χ0n) is 18.1. The lowest BCUT2D eigenvalue weighted by Gasteiger charge is -2.11. The molecule has 0 fully saturated rings. The number of aryl methyl sites for hydroxylation is 1. The lowest BCUT2D eigenvalue weighted by atomic mass is 10.0. The number of carbonyl (C=O) groups excluding carboxylic acids is 1. The fourth-order valence-electron chi connectivity index (χ4n) is 3.74. The number of fused-ring (bicyclic) bond motifs is 1. The summed E-state index contributed by atoms with van der Waals surface area (Å²) in [4.78, 5) is 21.0. The Labute approximate surface area is 183 Å². The first kappa shape index (κ1) is 20.8. The van der Waals surface area contributed by atoms with Crippen molar-refractivity contribution in [1.29, 1.82) is 0 Å². The monoisotopic (exact) mass is 412 g/mol. The van der Waals surface area contributed by atoms with E-state index >= 15 is 0 Å². The molecule has 0 saturated heterocycles. The van der Waals surface area contributed by atoms with Gasteiger partial charge in [0.15, 0.2) is 0 Å². The third-order valence-corrected chi connectivity index (χ3v) is 5.53. The molecule has 0 bridgehead atoms. The first-order valence-corrected chi connectivity index (χ1v) is 10.8. The van der Waals surface area contributed by atoms with E-state index in [0.717, 1.165) is 36.2 Å². The minimum absolute atomic E-state index is 0.0684. The van der Waals surface area contributed by atoms with Crippen molar-refractivity contribution in [3.63, 3.8) is 0 Å². The molecule has 0 spiro atoms. The van der Waals surface area contributed by atoms with Gasteiger partial charge in [0.25, 0.3) is 5.91 Å². The summed E-state index contributed by atoms with van der Waals surface area (Å²) in [6.45, 7) is 5.82. The molecule has 0 aliphatic carbocycles. The number of nitrogens with one attached hydrogen (secondary N) is 1. The number of hydrogen-bond donors (Lipinski definition) is 1. The van der Waals surface area contributed by atoms with Gasteiger partial charge in [0.05, 0.1) is 11.0 Å². The Morgan fingerprint density at radius 2 is 1.74 bits per heavy atom.